The van der Waals surface area contributed by atoms with Crippen molar-refractivity contribution in [3.8, 4) is 0 Å². The Bertz CT molecular complexity index is 658. The summed E-state index contributed by atoms with van der Waals surface area (Å²) in [6.07, 6.45) is 3.63. The number of rotatable bonds is 6. The van der Waals surface area contributed by atoms with E-state index in [4.69, 9.17) is 4.42 Å². The highest BCUT2D eigenvalue weighted by Crippen LogP contribution is 2.21. The van der Waals surface area contributed by atoms with E-state index in [0.29, 0.717) is 12.2 Å². The highest BCUT2D eigenvalue weighted by Gasteiger charge is 2.22. The number of aryl methyl sites for hydroxylation is 1. The van der Waals surface area contributed by atoms with Crippen LogP contribution in [-0.4, -0.2) is 8.42 Å². The van der Waals surface area contributed by atoms with Crippen LogP contribution in [0.4, 0.5) is 0 Å². The van der Waals surface area contributed by atoms with Gasteiger partial charge in [-0.05, 0) is 37.6 Å². The fourth-order valence-corrected chi connectivity index (χ4v) is 3.07. The molecule has 0 fully saturated rings. The Hall–Kier alpha value is -1.85. The second-order valence-electron chi connectivity index (χ2n) is 4.53. The molecule has 0 aliphatic heterocycles. The largest absolute Gasteiger partial charge is 0.468 e. The minimum Gasteiger partial charge on any atom is -0.468 e. The first kappa shape index (κ1) is 14.6. The lowest BCUT2D eigenvalue weighted by molar-refractivity contribution is 0.445. The highest BCUT2D eigenvalue weighted by molar-refractivity contribution is 7.89. The normalized spacial score (nSPS) is 13.1. The molecule has 2 aromatic rings. The SMILES string of the molecule is C=CC[C@@H](NS(=O)(=O)c1ccc(C)cc1)c1ccco1. The maximum atomic E-state index is 12.3. The van der Waals surface area contributed by atoms with E-state index in [1.807, 2.05) is 6.92 Å². The second kappa shape index (κ2) is 6.07. The van der Waals surface area contributed by atoms with Crippen LogP contribution in [0.5, 0.6) is 0 Å². The predicted octanol–water partition coefficient (Wildman–Crippen LogP) is 3.18. The number of hydrogen-bond donors (Lipinski definition) is 1. The number of nitrogens with one attached hydrogen (secondary N) is 1. The fourth-order valence-electron chi connectivity index (χ4n) is 1.85. The summed E-state index contributed by atoms with van der Waals surface area (Å²) in [5, 5.41) is 0. The van der Waals surface area contributed by atoms with Gasteiger partial charge in [-0.2, -0.15) is 0 Å². The van der Waals surface area contributed by atoms with E-state index in [1.165, 1.54) is 6.26 Å². The molecule has 1 N–H and O–H groups in total. The highest BCUT2D eigenvalue weighted by atomic mass is 32.2. The van der Waals surface area contributed by atoms with Crippen molar-refractivity contribution in [3.05, 3.63) is 66.6 Å². The van der Waals surface area contributed by atoms with Gasteiger partial charge in [0.25, 0.3) is 0 Å². The summed E-state index contributed by atoms with van der Waals surface area (Å²) < 4.78 is 32.6. The van der Waals surface area contributed by atoms with Gasteiger partial charge in [0.15, 0.2) is 0 Å². The van der Waals surface area contributed by atoms with Gasteiger partial charge in [-0.1, -0.05) is 23.8 Å². The third-order valence-corrected chi connectivity index (χ3v) is 4.41. The van der Waals surface area contributed by atoms with Gasteiger partial charge in [-0.3, -0.25) is 0 Å². The Morgan fingerprint density at radius 2 is 2.00 bits per heavy atom. The van der Waals surface area contributed by atoms with Gasteiger partial charge in [0.2, 0.25) is 10.0 Å². The van der Waals surface area contributed by atoms with Gasteiger partial charge < -0.3 is 4.42 Å². The second-order valence-corrected chi connectivity index (χ2v) is 6.24. The average molecular weight is 291 g/mol. The molecule has 1 aromatic heterocycles. The number of furan rings is 1. The number of sulfonamides is 1. The summed E-state index contributed by atoms with van der Waals surface area (Å²) in [5.74, 6) is 0.570. The van der Waals surface area contributed by atoms with E-state index in [1.54, 1.807) is 42.5 Å². The van der Waals surface area contributed by atoms with Crippen LogP contribution in [0, 0.1) is 6.92 Å². The first-order chi connectivity index (χ1) is 9.53. The average Bonchev–Trinajstić information content (AvgIpc) is 2.92. The molecule has 5 heteroatoms. The molecule has 1 aromatic carbocycles. The molecule has 0 aliphatic rings. The van der Waals surface area contributed by atoms with Crippen molar-refractivity contribution in [3.63, 3.8) is 0 Å². The van der Waals surface area contributed by atoms with Gasteiger partial charge in [-0.25, -0.2) is 13.1 Å². The topological polar surface area (TPSA) is 59.3 Å². The molecule has 0 radical (unpaired) electrons. The standard InChI is InChI=1S/C15H17NO3S/c1-3-5-14(15-6-4-11-19-15)16-20(17,18)13-9-7-12(2)8-10-13/h3-4,6-11,14,16H,1,5H2,2H3/t14-/m1/s1. The van der Waals surface area contributed by atoms with E-state index >= 15 is 0 Å². The molecule has 0 bridgehead atoms. The van der Waals surface area contributed by atoms with Crippen molar-refractivity contribution in [2.24, 2.45) is 0 Å². The first-order valence-electron chi connectivity index (χ1n) is 6.26. The smallest absolute Gasteiger partial charge is 0.241 e. The van der Waals surface area contributed by atoms with Crippen molar-refractivity contribution in [1.82, 2.24) is 4.72 Å². The molecule has 0 saturated heterocycles. The zero-order valence-corrected chi connectivity index (χ0v) is 12.1. The lowest BCUT2D eigenvalue weighted by Crippen LogP contribution is -2.28. The summed E-state index contributed by atoms with van der Waals surface area (Å²) in [4.78, 5) is 0.240. The summed E-state index contributed by atoms with van der Waals surface area (Å²) in [7, 11) is -3.58. The third-order valence-electron chi connectivity index (χ3n) is 2.92. The van der Waals surface area contributed by atoms with E-state index in [2.05, 4.69) is 11.3 Å². The molecular formula is C15H17NO3S. The van der Waals surface area contributed by atoms with Gasteiger partial charge in [0.1, 0.15) is 5.76 Å². The third kappa shape index (κ3) is 3.37. The van der Waals surface area contributed by atoms with Gasteiger partial charge in [-0.15, -0.1) is 6.58 Å². The Balaban J connectivity index is 2.25. The molecule has 4 nitrogen and oxygen atoms in total. The van der Waals surface area contributed by atoms with E-state index in [0.717, 1.165) is 5.56 Å². The molecular weight excluding hydrogens is 274 g/mol. The fraction of sp³-hybridized carbons (Fsp3) is 0.200. The summed E-state index contributed by atoms with van der Waals surface area (Å²) in [6.45, 7) is 5.56. The van der Waals surface area contributed by atoms with Crippen LogP contribution in [0.2, 0.25) is 0 Å². The van der Waals surface area contributed by atoms with Crippen molar-refractivity contribution in [1.29, 1.82) is 0 Å². The van der Waals surface area contributed by atoms with Crippen molar-refractivity contribution in [2.75, 3.05) is 0 Å². The number of hydrogen-bond acceptors (Lipinski definition) is 3. The van der Waals surface area contributed by atoms with Gasteiger partial charge in [0, 0.05) is 0 Å². The lowest BCUT2D eigenvalue weighted by atomic mass is 10.2. The van der Waals surface area contributed by atoms with Crippen molar-refractivity contribution in [2.45, 2.75) is 24.3 Å². The van der Waals surface area contributed by atoms with Crippen molar-refractivity contribution < 1.29 is 12.8 Å². The molecule has 0 saturated carbocycles. The van der Waals surface area contributed by atoms with Crippen LogP contribution in [0.15, 0.2) is 64.6 Å². The van der Waals surface area contributed by atoms with Crippen LogP contribution in [0.3, 0.4) is 0 Å². The molecule has 0 amide bonds. The lowest BCUT2D eigenvalue weighted by Gasteiger charge is -2.15. The van der Waals surface area contributed by atoms with Gasteiger partial charge in [0.05, 0.1) is 17.2 Å². The molecule has 0 spiro atoms. The number of benzene rings is 1. The predicted molar refractivity (Wildman–Crippen MR) is 77.8 cm³/mol. The van der Waals surface area contributed by atoms with Crippen LogP contribution < -0.4 is 4.72 Å². The minimum absolute atomic E-state index is 0.240. The Morgan fingerprint density at radius 3 is 2.55 bits per heavy atom. The summed E-state index contributed by atoms with van der Waals surface area (Å²) in [5.41, 5.74) is 1.01. The van der Waals surface area contributed by atoms with Gasteiger partial charge >= 0.3 is 0 Å². The Morgan fingerprint density at radius 1 is 1.30 bits per heavy atom. The molecule has 0 aliphatic carbocycles. The van der Waals surface area contributed by atoms with Crippen LogP contribution in [0.25, 0.3) is 0 Å². The molecule has 2 rings (SSSR count). The molecule has 1 heterocycles. The summed E-state index contributed by atoms with van der Waals surface area (Å²) in [6, 6.07) is 9.73. The zero-order valence-electron chi connectivity index (χ0n) is 11.2. The minimum atomic E-state index is -3.58. The first-order valence-corrected chi connectivity index (χ1v) is 7.74. The van der Waals surface area contributed by atoms with Crippen LogP contribution >= 0.6 is 0 Å². The quantitative estimate of drug-likeness (QED) is 0.832. The molecule has 20 heavy (non-hydrogen) atoms. The molecule has 106 valence electrons. The zero-order chi connectivity index (χ0) is 14.6. The Kier molecular flexibility index (Phi) is 4.42. The van der Waals surface area contributed by atoms with Crippen molar-refractivity contribution >= 4 is 10.0 Å². The van der Waals surface area contributed by atoms with Crippen LogP contribution in [0.1, 0.15) is 23.8 Å². The summed E-state index contributed by atoms with van der Waals surface area (Å²) >= 11 is 0. The van der Waals surface area contributed by atoms with E-state index in [-0.39, 0.29) is 4.90 Å². The maximum absolute atomic E-state index is 12.3. The van der Waals surface area contributed by atoms with E-state index in [9.17, 15) is 8.42 Å². The van der Waals surface area contributed by atoms with Crippen LogP contribution in [-0.2, 0) is 10.0 Å². The maximum Gasteiger partial charge on any atom is 0.241 e. The molecule has 0 unspecified atom stereocenters. The Labute approximate surface area is 119 Å². The van der Waals surface area contributed by atoms with E-state index < -0.39 is 16.1 Å². The molecule has 1 atom stereocenters. The monoisotopic (exact) mass is 291 g/mol.